The number of nitrogens with zero attached hydrogens (tertiary/aromatic N) is 2. The quantitative estimate of drug-likeness (QED) is 0.591. The highest BCUT2D eigenvalue weighted by Crippen LogP contribution is 2.32. The van der Waals surface area contributed by atoms with Crippen LogP contribution in [0.4, 0.5) is 10.5 Å². The Morgan fingerprint density at radius 3 is 2.38 bits per heavy atom. The molecule has 1 aromatic carbocycles. The molecule has 1 rings (SSSR count). The van der Waals surface area contributed by atoms with E-state index in [9.17, 15) is 4.79 Å². The van der Waals surface area contributed by atoms with Crippen LogP contribution < -0.4 is 9.22 Å². The van der Waals surface area contributed by atoms with Crippen molar-refractivity contribution in [3.8, 4) is 5.75 Å². The van der Waals surface area contributed by atoms with Gasteiger partial charge < -0.3 is 9.64 Å². The van der Waals surface area contributed by atoms with E-state index in [4.69, 9.17) is 4.74 Å². The van der Waals surface area contributed by atoms with Gasteiger partial charge in [-0.2, -0.15) is 0 Å². The SMILES string of the molecule is CCCCCc1ccc(OC(=O)N(C)C)c([N+](C)(C)C)c1. The van der Waals surface area contributed by atoms with Gasteiger partial charge in [-0.15, -0.1) is 0 Å². The lowest BCUT2D eigenvalue weighted by Crippen LogP contribution is -2.36. The van der Waals surface area contributed by atoms with Crippen molar-refractivity contribution in [3.05, 3.63) is 23.8 Å². The number of amides is 1. The van der Waals surface area contributed by atoms with E-state index in [1.807, 2.05) is 6.07 Å². The maximum absolute atomic E-state index is 11.8. The van der Waals surface area contributed by atoms with Crippen LogP contribution in [0.1, 0.15) is 31.7 Å². The zero-order valence-electron chi connectivity index (χ0n) is 14.3. The van der Waals surface area contributed by atoms with Gasteiger partial charge >= 0.3 is 6.09 Å². The summed E-state index contributed by atoms with van der Waals surface area (Å²) in [5.74, 6) is 0.639. The van der Waals surface area contributed by atoms with Crippen LogP contribution in [0.3, 0.4) is 0 Å². The van der Waals surface area contributed by atoms with Gasteiger partial charge in [0, 0.05) is 20.2 Å². The molecule has 0 aliphatic carbocycles. The first-order chi connectivity index (χ1) is 9.75. The second kappa shape index (κ2) is 7.46. The van der Waals surface area contributed by atoms with Gasteiger partial charge in [0.1, 0.15) is 0 Å². The molecule has 1 aromatic rings. The Morgan fingerprint density at radius 2 is 1.86 bits per heavy atom. The first kappa shape index (κ1) is 17.5. The fourth-order valence-corrected chi connectivity index (χ4v) is 2.09. The standard InChI is InChI=1S/C17H29N2O2/c1-7-8-9-10-14-11-12-16(21-17(20)18(2)3)15(13-14)19(4,5)6/h11-13H,7-10H2,1-6H3/q+1. The predicted molar refractivity (Wildman–Crippen MR) is 88.9 cm³/mol. The molecule has 4 heteroatoms. The van der Waals surface area contributed by atoms with Gasteiger partial charge in [0.2, 0.25) is 0 Å². The fraction of sp³-hybridized carbons (Fsp3) is 0.588. The van der Waals surface area contributed by atoms with Crippen molar-refractivity contribution < 1.29 is 9.53 Å². The molecule has 21 heavy (non-hydrogen) atoms. The Labute approximate surface area is 128 Å². The molecule has 0 aliphatic rings. The van der Waals surface area contributed by atoms with E-state index in [2.05, 4.69) is 40.2 Å². The van der Waals surface area contributed by atoms with Crippen molar-refractivity contribution in [2.45, 2.75) is 32.6 Å². The molecule has 0 spiro atoms. The number of carbonyl (C=O) groups is 1. The molecule has 0 aliphatic heterocycles. The number of rotatable bonds is 6. The van der Waals surface area contributed by atoms with Gasteiger partial charge in [0.05, 0.1) is 21.1 Å². The minimum atomic E-state index is -0.344. The van der Waals surface area contributed by atoms with Gasteiger partial charge in [-0.3, -0.25) is 4.48 Å². The molecule has 0 aromatic heterocycles. The number of aryl methyl sites for hydroxylation is 1. The predicted octanol–water partition coefficient (Wildman–Crippen LogP) is 3.68. The molecule has 118 valence electrons. The Bertz CT molecular complexity index is 476. The number of hydrogen-bond acceptors (Lipinski definition) is 2. The van der Waals surface area contributed by atoms with Crippen LogP contribution in [0.15, 0.2) is 18.2 Å². The van der Waals surface area contributed by atoms with E-state index in [-0.39, 0.29) is 6.09 Å². The van der Waals surface area contributed by atoms with Gasteiger partial charge in [0.15, 0.2) is 11.4 Å². The van der Waals surface area contributed by atoms with Gasteiger partial charge in [-0.1, -0.05) is 25.8 Å². The highest BCUT2D eigenvalue weighted by molar-refractivity contribution is 5.73. The summed E-state index contributed by atoms with van der Waals surface area (Å²) in [7, 11) is 9.62. The summed E-state index contributed by atoms with van der Waals surface area (Å²) < 4.78 is 6.11. The van der Waals surface area contributed by atoms with E-state index in [1.165, 1.54) is 29.7 Å². The Hall–Kier alpha value is -1.55. The molecule has 0 saturated heterocycles. The smallest absolute Gasteiger partial charge is 0.404 e. The van der Waals surface area contributed by atoms with E-state index in [1.54, 1.807) is 14.1 Å². The summed E-state index contributed by atoms with van der Waals surface area (Å²) >= 11 is 0. The molecule has 0 bridgehead atoms. The molecule has 1 amide bonds. The van der Waals surface area contributed by atoms with Gasteiger partial charge in [-0.25, -0.2) is 4.79 Å². The number of carbonyl (C=O) groups excluding carboxylic acids is 1. The monoisotopic (exact) mass is 293 g/mol. The third-order valence-electron chi connectivity index (χ3n) is 3.38. The van der Waals surface area contributed by atoms with Crippen LogP contribution in [0.2, 0.25) is 0 Å². The number of unbranched alkanes of at least 4 members (excludes halogenated alkanes) is 2. The van der Waals surface area contributed by atoms with Gasteiger partial charge in [0.25, 0.3) is 0 Å². The maximum atomic E-state index is 11.8. The Kier molecular flexibility index (Phi) is 6.21. The molecule has 4 nitrogen and oxygen atoms in total. The molecule has 0 unspecified atom stereocenters. The highest BCUT2D eigenvalue weighted by Gasteiger charge is 2.22. The fourth-order valence-electron chi connectivity index (χ4n) is 2.09. The Morgan fingerprint density at radius 1 is 1.19 bits per heavy atom. The number of ether oxygens (including phenoxy) is 1. The third kappa shape index (κ3) is 5.38. The number of quaternary nitrogens is 1. The van der Waals surface area contributed by atoms with Crippen molar-refractivity contribution in [3.63, 3.8) is 0 Å². The zero-order chi connectivity index (χ0) is 16.0. The van der Waals surface area contributed by atoms with Crippen LogP contribution in [0, 0.1) is 0 Å². The number of hydrogen-bond donors (Lipinski definition) is 0. The largest absolute Gasteiger partial charge is 0.414 e. The molecular formula is C17H29N2O2+. The molecule has 0 fully saturated rings. The van der Waals surface area contributed by atoms with E-state index < -0.39 is 0 Å². The van der Waals surface area contributed by atoms with Gasteiger partial charge in [-0.05, 0) is 24.5 Å². The Balaban J connectivity index is 3.00. The highest BCUT2D eigenvalue weighted by atomic mass is 16.6. The summed E-state index contributed by atoms with van der Waals surface area (Å²) in [5, 5.41) is 0. The summed E-state index contributed by atoms with van der Waals surface area (Å²) in [4.78, 5) is 13.2. The van der Waals surface area contributed by atoms with Crippen molar-refractivity contribution >= 4 is 11.8 Å². The van der Waals surface area contributed by atoms with Crippen molar-refractivity contribution in [1.29, 1.82) is 0 Å². The van der Waals surface area contributed by atoms with Crippen LogP contribution in [-0.4, -0.2) is 46.2 Å². The van der Waals surface area contributed by atoms with Crippen LogP contribution >= 0.6 is 0 Å². The second-order valence-electron chi connectivity index (χ2n) is 6.53. The lowest BCUT2D eigenvalue weighted by molar-refractivity contribution is 0.171. The molecular weight excluding hydrogens is 264 g/mol. The van der Waals surface area contributed by atoms with Crippen LogP contribution in [0.5, 0.6) is 5.75 Å². The summed E-state index contributed by atoms with van der Waals surface area (Å²) in [6, 6.07) is 6.14. The summed E-state index contributed by atoms with van der Waals surface area (Å²) in [5.41, 5.74) is 2.33. The van der Waals surface area contributed by atoms with Crippen molar-refractivity contribution in [2.75, 3.05) is 35.2 Å². The first-order valence-electron chi connectivity index (χ1n) is 7.59. The first-order valence-corrected chi connectivity index (χ1v) is 7.59. The van der Waals surface area contributed by atoms with E-state index >= 15 is 0 Å². The zero-order valence-corrected chi connectivity index (χ0v) is 14.3. The molecule has 0 saturated carbocycles. The summed E-state index contributed by atoms with van der Waals surface area (Å²) in [6.07, 6.45) is 4.40. The van der Waals surface area contributed by atoms with Crippen LogP contribution in [-0.2, 0) is 6.42 Å². The molecule has 0 atom stereocenters. The molecule has 0 radical (unpaired) electrons. The minimum Gasteiger partial charge on any atom is -0.404 e. The van der Waals surface area contributed by atoms with Crippen LogP contribution in [0.25, 0.3) is 0 Å². The summed E-state index contributed by atoms with van der Waals surface area (Å²) in [6.45, 7) is 2.21. The third-order valence-corrected chi connectivity index (χ3v) is 3.38. The van der Waals surface area contributed by atoms with Crippen molar-refractivity contribution in [2.24, 2.45) is 0 Å². The lowest BCUT2D eigenvalue weighted by atomic mass is 10.1. The van der Waals surface area contributed by atoms with E-state index in [0.717, 1.165) is 12.1 Å². The average Bonchev–Trinajstić information content (AvgIpc) is 2.39. The van der Waals surface area contributed by atoms with Crippen molar-refractivity contribution in [1.82, 2.24) is 9.38 Å². The normalized spacial score (nSPS) is 11.3. The minimum absolute atomic E-state index is 0.344. The number of benzene rings is 1. The van der Waals surface area contributed by atoms with E-state index in [0.29, 0.717) is 10.2 Å². The molecule has 0 heterocycles. The average molecular weight is 293 g/mol. The lowest BCUT2D eigenvalue weighted by Gasteiger charge is -2.26. The maximum Gasteiger partial charge on any atom is 0.414 e. The topological polar surface area (TPSA) is 29.5 Å². The second-order valence-corrected chi connectivity index (χ2v) is 6.53. The molecule has 0 N–H and O–H groups in total.